The minimum atomic E-state index is -4.69. The number of pyridine rings is 1. The van der Waals surface area contributed by atoms with Crippen LogP contribution < -0.4 is 15.0 Å². The van der Waals surface area contributed by atoms with Crippen molar-refractivity contribution in [2.24, 2.45) is 5.41 Å². The van der Waals surface area contributed by atoms with Gasteiger partial charge >= 0.3 is 6.18 Å². The third kappa shape index (κ3) is 6.68. The van der Waals surface area contributed by atoms with E-state index in [0.29, 0.717) is 40.0 Å². The van der Waals surface area contributed by atoms with Gasteiger partial charge in [0, 0.05) is 70.3 Å². The Hall–Kier alpha value is -4.99. The maximum absolute atomic E-state index is 14.3. The summed E-state index contributed by atoms with van der Waals surface area (Å²) in [6, 6.07) is 17.7. The Labute approximate surface area is 327 Å². The van der Waals surface area contributed by atoms with Crippen LogP contribution >= 0.6 is 11.6 Å². The average molecular weight is 801 g/mol. The second kappa shape index (κ2) is 13.9. The quantitative estimate of drug-likeness (QED) is 0.112. The molecule has 56 heavy (non-hydrogen) atoms. The maximum Gasteiger partial charge on any atom is 0.418 e. The highest BCUT2D eigenvalue weighted by molar-refractivity contribution is 6.30. The van der Waals surface area contributed by atoms with Gasteiger partial charge in [-0.1, -0.05) is 23.7 Å². The highest BCUT2D eigenvalue weighted by Crippen LogP contribution is 2.65. The van der Waals surface area contributed by atoms with Crippen LogP contribution in [0, 0.1) is 18.2 Å². The lowest BCUT2D eigenvalue weighted by molar-refractivity contribution is -0.136. The number of hydrogen-bond acceptors (Lipinski definition) is 7. The Bertz CT molecular complexity index is 2500. The summed E-state index contributed by atoms with van der Waals surface area (Å²) in [6.07, 6.45) is -0.991. The molecule has 2 aliphatic heterocycles. The standard InChI is InChI=1S/C40H35ClF4N7O3Si/c1-21-26-15-23(16-27(40(43,44)45)35(26)50-49-21)37(53)46-25-7-8-31-30(18-25)47-36(52(31)38(56)32-9-14-54-32)28-19-39(28)10-12-51(13-11-39)33-3-2-4-34(48-33)55-20-22-5-6-24(41)17-29(22)42/h2-8,15-18,28,32,38H,9-14,19-20H2,1H3,(H,46,53)(H,49,50)/t28?,32-,38+/m0/s1. The van der Waals surface area contributed by atoms with E-state index >= 15 is 0 Å². The van der Waals surface area contributed by atoms with Crippen LogP contribution in [0.1, 0.15) is 70.3 Å². The molecule has 16 heteroatoms. The number of piperidine rings is 1. The number of anilines is 2. The summed E-state index contributed by atoms with van der Waals surface area (Å²) in [5.41, 5.74) is 1.33. The molecule has 287 valence electrons. The number of rotatable bonds is 9. The highest BCUT2D eigenvalue weighted by Gasteiger charge is 2.58. The minimum absolute atomic E-state index is 0.0281. The molecule has 5 heterocycles. The number of ether oxygens (including phenoxy) is 2. The molecule has 3 fully saturated rings. The number of aromatic amines is 1. The molecule has 1 spiro atoms. The van der Waals surface area contributed by atoms with Gasteiger partial charge in [-0.2, -0.15) is 23.3 Å². The van der Waals surface area contributed by atoms with Crippen molar-refractivity contribution in [2.45, 2.75) is 63.1 Å². The van der Waals surface area contributed by atoms with E-state index < -0.39 is 23.5 Å². The number of amides is 1. The maximum atomic E-state index is 14.3. The van der Waals surface area contributed by atoms with Crippen molar-refractivity contribution in [2.75, 3.05) is 29.9 Å². The number of halogens is 5. The van der Waals surface area contributed by atoms with Gasteiger partial charge in [0.15, 0.2) is 0 Å². The summed E-state index contributed by atoms with van der Waals surface area (Å²) in [4.78, 5) is 25.5. The number of carbonyl (C=O) groups excluding carboxylic acids is 1. The van der Waals surface area contributed by atoms with Gasteiger partial charge in [-0.05, 0) is 86.6 Å². The molecule has 1 unspecified atom stereocenters. The summed E-state index contributed by atoms with van der Waals surface area (Å²) in [5, 5.41) is 9.76. The van der Waals surface area contributed by atoms with Crippen LogP contribution in [0.3, 0.4) is 0 Å². The first-order valence-corrected chi connectivity index (χ1v) is 19.3. The minimum Gasteiger partial charge on any atom is -0.473 e. The van der Waals surface area contributed by atoms with E-state index in [1.807, 2.05) is 18.2 Å². The van der Waals surface area contributed by atoms with Crippen LogP contribution in [0.15, 0.2) is 66.7 Å². The van der Waals surface area contributed by atoms with E-state index in [0.717, 1.165) is 62.0 Å². The summed E-state index contributed by atoms with van der Waals surface area (Å²) < 4.78 is 70.0. The molecule has 6 aromatic rings. The van der Waals surface area contributed by atoms with Gasteiger partial charge in [0.2, 0.25) is 5.88 Å². The second-order valence-electron chi connectivity index (χ2n) is 14.9. The summed E-state index contributed by atoms with van der Waals surface area (Å²) >= 11 is 5.89. The molecule has 3 aromatic carbocycles. The van der Waals surface area contributed by atoms with Crippen molar-refractivity contribution in [3.8, 4) is 5.88 Å². The Morgan fingerprint density at radius 1 is 1.12 bits per heavy atom. The Morgan fingerprint density at radius 2 is 1.93 bits per heavy atom. The summed E-state index contributed by atoms with van der Waals surface area (Å²) in [7, 11) is 3.98. The smallest absolute Gasteiger partial charge is 0.418 e. The first-order chi connectivity index (χ1) is 26.9. The van der Waals surface area contributed by atoms with E-state index in [2.05, 4.69) is 35.2 Å². The monoisotopic (exact) mass is 800 g/mol. The molecule has 2 saturated heterocycles. The van der Waals surface area contributed by atoms with Crippen LogP contribution in [0.4, 0.5) is 29.1 Å². The molecular formula is C40H35ClF4N7O3Si. The topological polar surface area (TPSA) is 110 Å². The van der Waals surface area contributed by atoms with Crippen molar-refractivity contribution < 1.29 is 31.8 Å². The predicted molar refractivity (Wildman–Crippen MR) is 204 cm³/mol. The fourth-order valence-electron chi connectivity index (χ4n) is 8.09. The fraction of sp³-hybridized carbons (Fsp3) is 0.350. The van der Waals surface area contributed by atoms with Gasteiger partial charge in [0.05, 0.1) is 32.9 Å². The largest absolute Gasteiger partial charge is 0.473 e. The molecule has 1 saturated carbocycles. The van der Waals surface area contributed by atoms with Crippen LogP contribution in [0.5, 0.6) is 5.88 Å². The van der Waals surface area contributed by atoms with Crippen LogP contribution in [0.2, 0.25) is 5.02 Å². The average Bonchev–Trinajstić information content (AvgIpc) is 3.49. The van der Waals surface area contributed by atoms with E-state index in [4.69, 9.17) is 31.0 Å². The first kappa shape index (κ1) is 36.6. The number of nitrogens with zero attached hydrogens (tertiary/aromatic N) is 5. The lowest BCUT2D eigenvalue weighted by Crippen LogP contribution is -2.37. The Balaban J connectivity index is 0.929. The lowest BCUT2D eigenvalue weighted by atomic mass is 9.90. The number of carbonyl (C=O) groups is 1. The van der Waals surface area contributed by atoms with Crippen LogP contribution in [-0.2, 0) is 17.5 Å². The zero-order chi connectivity index (χ0) is 38.9. The molecule has 10 nitrogen and oxygen atoms in total. The molecule has 2 N–H and O–H groups in total. The Morgan fingerprint density at radius 3 is 2.66 bits per heavy atom. The lowest BCUT2D eigenvalue weighted by Gasteiger charge is -2.35. The number of aryl methyl sites for hydroxylation is 1. The van der Waals surface area contributed by atoms with E-state index in [1.54, 1.807) is 37.3 Å². The molecule has 1 aliphatic carbocycles. The number of benzene rings is 3. The summed E-state index contributed by atoms with van der Waals surface area (Å²) in [6.45, 7) is 3.91. The number of alkyl halides is 3. The van der Waals surface area contributed by atoms with Gasteiger partial charge in [-0.25, -0.2) is 9.37 Å². The SMILES string of the molecule is Cc1[nH]nc2c(C(F)(F)F)cc(C(=O)Nc3ccc4c(c3)nc(C3CC35CCN(c3cccc(OCc6ccc(Cl)cc6F)n3)CC5)n4[C@H]([Si])[C@@H]3CCO3)cc12. The molecule has 3 aliphatic rings. The van der Waals surface area contributed by atoms with Gasteiger partial charge in [0.1, 0.15) is 29.6 Å². The van der Waals surface area contributed by atoms with E-state index in [1.165, 1.54) is 12.1 Å². The molecule has 0 bridgehead atoms. The van der Waals surface area contributed by atoms with Crippen LogP contribution in [-0.4, -0.2) is 66.7 Å². The number of nitrogens with one attached hydrogen (secondary N) is 2. The number of H-pyrrole nitrogens is 1. The van der Waals surface area contributed by atoms with E-state index in [9.17, 15) is 22.4 Å². The second-order valence-corrected chi connectivity index (χ2v) is 15.9. The molecule has 1 amide bonds. The molecule has 9 rings (SSSR count). The molecule has 3 atom stereocenters. The van der Waals surface area contributed by atoms with Gasteiger partial charge in [-0.3, -0.25) is 9.89 Å². The Kier molecular flexibility index (Phi) is 9.08. The molecular weight excluding hydrogens is 766 g/mol. The van der Waals surface area contributed by atoms with Gasteiger partial charge in [0.25, 0.3) is 5.91 Å². The normalized spacial score (nSPS) is 19.7. The van der Waals surface area contributed by atoms with Gasteiger partial charge in [-0.15, -0.1) is 0 Å². The van der Waals surface area contributed by atoms with Crippen molar-refractivity contribution in [3.05, 3.63) is 106 Å². The fourth-order valence-corrected chi connectivity index (χ4v) is 8.78. The zero-order valence-electron chi connectivity index (χ0n) is 30.1. The number of hydrogen-bond donors (Lipinski definition) is 2. The van der Waals surface area contributed by atoms with Crippen molar-refractivity contribution in [1.29, 1.82) is 0 Å². The highest BCUT2D eigenvalue weighted by atomic mass is 35.5. The number of imidazole rings is 1. The third-order valence-electron chi connectivity index (χ3n) is 11.4. The summed E-state index contributed by atoms with van der Waals surface area (Å²) in [5.74, 6) is 1.23. The number of fused-ring (bicyclic) bond motifs is 2. The molecule has 3 aromatic heterocycles. The number of aromatic nitrogens is 5. The molecule has 3 radical (unpaired) electrons. The third-order valence-corrected chi connectivity index (χ3v) is 12.3. The zero-order valence-corrected chi connectivity index (χ0v) is 31.8. The van der Waals surface area contributed by atoms with Crippen LogP contribution in [0.25, 0.3) is 21.9 Å². The van der Waals surface area contributed by atoms with Crippen molar-refractivity contribution >= 4 is 61.2 Å². The van der Waals surface area contributed by atoms with Crippen molar-refractivity contribution in [1.82, 2.24) is 24.7 Å². The van der Waals surface area contributed by atoms with E-state index in [-0.39, 0.29) is 46.2 Å². The van der Waals surface area contributed by atoms with Gasteiger partial charge < -0.3 is 24.3 Å². The first-order valence-electron chi connectivity index (χ1n) is 18.4. The van der Waals surface area contributed by atoms with Crippen molar-refractivity contribution in [3.63, 3.8) is 0 Å². The predicted octanol–water partition coefficient (Wildman–Crippen LogP) is 8.49.